The van der Waals surface area contributed by atoms with Crippen LogP contribution in [-0.2, 0) is 9.84 Å². The van der Waals surface area contributed by atoms with Crippen molar-refractivity contribution in [1.29, 1.82) is 0 Å². The Hall–Kier alpha value is -0.870. The van der Waals surface area contributed by atoms with Crippen LogP contribution in [0.3, 0.4) is 0 Å². The van der Waals surface area contributed by atoms with E-state index in [0.29, 0.717) is 10.3 Å². The van der Waals surface area contributed by atoms with Gasteiger partial charge in [0.2, 0.25) is 0 Å². The number of hydrogen-bond acceptors (Lipinski definition) is 3. The second kappa shape index (κ2) is 6.49. The Labute approximate surface area is 129 Å². The summed E-state index contributed by atoms with van der Waals surface area (Å²) in [6.45, 7) is 5.49. The first-order valence-electron chi connectivity index (χ1n) is 7.90. The van der Waals surface area contributed by atoms with Crippen LogP contribution in [0.25, 0.3) is 0 Å². The van der Waals surface area contributed by atoms with Crippen molar-refractivity contribution >= 4 is 9.84 Å². The molecule has 0 aliphatic heterocycles. The first kappa shape index (κ1) is 16.5. The number of nitrogens with one attached hydrogen (secondary N) is 1. The van der Waals surface area contributed by atoms with E-state index < -0.39 is 9.84 Å². The number of hydrogen-bond donors (Lipinski definition) is 1. The van der Waals surface area contributed by atoms with Crippen LogP contribution in [-0.4, -0.2) is 21.2 Å². The number of sulfone groups is 1. The normalized spacial score (nSPS) is 19.6. The maximum absolute atomic E-state index is 11.5. The van der Waals surface area contributed by atoms with Gasteiger partial charge in [-0.1, -0.05) is 31.9 Å². The molecule has 1 aliphatic carbocycles. The third kappa shape index (κ3) is 4.07. The van der Waals surface area contributed by atoms with Crippen molar-refractivity contribution in [3.8, 4) is 0 Å². The summed E-state index contributed by atoms with van der Waals surface area (Å²) in [5, 5.41) is 3.64. The summed E-state index contributed by atoms with van der Waals surface area (Å²) in [6, 6.07) is 7.49. The maximum Gasteiger partial charge on any atom is 0.175 e. The molecule has 1 aromatic rings. The summed E-state index contributed by atoms with van der Waals surface area (Å²) in [7, 11) is -3.10. The zero-order chi connectivity index (χ0) is 15.5. The lowest BCUT2D eigenvalue weighted by atomic mass is 9.83. The van der Waals surface area contributed by atoms with Gasteiger partial charge in [0.15, 0.2) is 9.84 Å². The molecule has 1 aliphatic rings. The predicted octanol–water partition coefficient (Wildman–Crippen LogP) is 3.71. The molecule has 0 radical (unpaired) electrons. The van der Waals surface area contributed by atoms with Crippen molar-refractivity contribution in [1.82, 2.24) is 5.32 Å². The second-order valence-corrected chi connectivity index (χ2v) is 8.52. The van der Waals surface area contributed by atoms with Crippen LogP contribution in [0.4, 0.5) is 0 Å². The molecule has 1 unspecified atom stereocenters. The Balaban J connectivity index is 1.98. The van der Waals surface area contributed by atoms with Gasteiger partial charge in [-0.05, 0) is 49.3 Å². The number of rotatable bonds is 6. The van der Waals surface area contributed by atoms with Crippen LogP contribution in [0.5, 0.6) is 0 Å². The Kier molecular flexibility index (Phi) is 5.10. The van der Waals surface area contributed by atoms with Gasteiger partial charge in [-0.3, -0.25) is 0 Å². The molecule has 1 fully saturated rings. The van der Waals surface area contributed by atoms with Crippen LogP contribution in [0.1, 0.15) is 57.6 Å². The second-order valence-electron chi connectivity index (χ2n) is 6.50. The molecule has 4 heteroatoms. The Morgan fingerprint density at radius 3 is 2.24 bits per heavy atom. The van der Waals surface area contributed by atoms with Crippen molar-refractivity contribution in [2.45, 2.75) is 56.9 Å². The van der Waals surface area contributed by atoms with Gasteiger partial charge in [0, 0.05) is 18.8 Å². The summed E-state index contributed by atoms with van der Waals surface area (Å²) in [4.78, 5) is 0.388. The van der Waals surface area contributed by atoms with Gasteiger partial charge in [-0.2, -0.15) is 0 Å². The van der Waals surface area contributed by atoms with Crippen molar-refractivity contribution in [3.05, 3.63) is 29.8 Å². The molecule has 0 spiro atoms. The smallest absolute Gasteiger partial charge is 0.175 e. The fraction of sp³-hybridized carbons (Fsp3) is 0.647. The minimum atomic E-state index is -3.10. The monoisotopic (exact) mass is 309 g/mol. The van der Waals surface area contributed by atoms with Crippen molar-refractivity contribution in [2.75, 3.05) is 12.8 Å². The molecule has 1 saturated carbocycles. The molecule has 2 rings (SSSR count). The summed E-state index contributed by atoms with van der Waals surface area (Å²) in [5.74, 6) is 0. The average molecular weight is 309 g/mol. The molecule has 0 saturated heterocycles. The molecule has 1 aromatic carbocycles. The first-order valence-corrected chi connectivity index (χ1v) is 9.79. The van der Waals surface area contributed by atoms with Gasteiger partial charge >= 0.3 is 0 Å². The van der Waals surface area contributed by atoms with Gasteiger partial charge < -0.3 is 5.32 Å². The lowest BCUT2D eigenvalue weighted by Gasteiger charge is -2.30. The highest BCUT2D eigenvalue weighted by Crippen LogP contribution is 2.40. The quantitative estimate of drug-likeness (QED) is 0.871. The summed E-state index contributed by atoms with van der Waals surface area (Å²) < 4.78 is 23.0. The number of benzene rings is 1. The lowest BCUT2D eigenvalue weighted by Crippen LogP contribution is -2.33. The minimum absolute atomic E-state index is 0.252. The molecule has 3 nitrogen and oxygen atoms in total. The van der Waals surface area contributed by atoms with Gasteiger partial charge in [0.25, 0.3) is 0 Å². The van der Waals surface area contributed by atoms with Gasteiger partial charge in [0.05, 0.1) is 4.90 Å². The van der Waals surface area contributed by atoms with Gasteiger partial charge in [0.1, 0.15) is 0 Å². The molecule has 0 aromatic heterocycles. The van der Waals surface area contributed by atoms with E-state index in [9.17, 15) is 8.42 Å². The van der Waals surface area contributed by atoms with Crippen molar-refractivity contribution in [2.24, 2.45) is 5.41 Å². The molecule has 118 valence electrons. The summed E-state index contributed by atoms with van der Waals surface area (Å²) in [5.41, 5.74) is 1.62. The molecular weight excluding hydrogens is 282 g/mol. The SMILES string of the molecule is CCC1(CNC(C)c2ccc(S(C)(=O)=O)cc2)CCCC1. The fourth-order valence-corrected chi connectivity index (χ4v) is 3.90. The standard InChI is InChI=1S/C17H27NO2S/c1-4-17(11-5-6-12-17)13-18-14(2)15-7-9-16(10-8-15)21(3,19)20/h7-10,14,18H,4-6,11-13H2,1-3H3. The molecule has 21 heavy (non-hydrogen) atoms. The fourth-order valence-electron chi connectivity index (χ4n) is 3.27. The molecule has 0 amide bonds. The molecule has 0 bridgehead atoms. The minimum Gasteiger partial charge on any atom is -0.310 e. The van der Waals surface area contributed by atoms with Crippen LogP contribution >= 0.6 is 0 Å². The van der Waals surface area contributed by atoms with E-state index in [-0.39, 0.29) is 6.04 Å². The highest BCUT2D eigenvalue weighted by Gasteiger charge is 2.31. The van der Waals surface area contributed by atoms with E-state index in [1.54, 1.807) is 12.1 Å². The van der Waals surface area contributed by atoms with E-state index in [1.165, 1.54) is 38.4 Å². The van der Waals surface area contributed by atoms with Crippen molar-refractivity contribution < 1.29 is 8.42 Å². The van der Waals surface area contributed by atoms with E-state index in [1.807, 2.05) is 12.1 Å². The topological polar surface area (TPSA) is 46.2 Å². The highest BCUT2D eigenvalue weighted by atomic mass is 32.2. The third-order valence-corrected chi connectivity index (χ3v) is 6.13. The Morgan fingerprint density at radius 2 is 1.76 bits per heavy atom. The highest BCUT2D eigenvalue weighted by molar-refractivity contribution is 7.90. The van der Waals surface area contributed by atoms with Crippen molar-refractivity contribution in [3.63, 3.8) is 0 Å². The van der Waals surface area contributed by atoms with E-state index in [0.717, 1.165) is 12.1 Å². The first-order chi connectivity index (χ1) is 9.86. The maximum atomic E-state index is 11.5. The molecule has 1 atom stereocenters. The molecule has 0 heterocycles. The zero-order valence-electron chi connectivity index (χ0n) is 13.4. The summed E-state index contributed by atoms with van der Waals surface area (Å²) >= 11 is 0. The van der Waals surface area contributed by atoms with Crippen LogP contribution < -0.4 is 5.32 Å². The Morgan fingerprint density at radius 1 is 1.19 bits per heavy atom. The Bertz CT molecular complexity index is 557. The molecule has 1 N–H and O–H groups in total. The van der Waals surface area contributed by atoms with E-state index in [2.05, 4.69) is 19.2 Å². The lowest BCUT2D eigenvalue weighted by molar-refractivity contribution is 0.259. The zero-order valence-corrected chi connectivity index (χ0v) is 14.2. The van der Waals surface area contributed by atoms with Crippen LogP contribution in [0.2, 0.25) is 0 Å². The van der Waals surface area contributed by atoms with Gasteiger partial charge in [-0.25, -0.2) is 8.42 Å². The molecular formula is C17H27NO2S. The van der Waals surface area contributed by atoms with Crippen LogP contribution in [0.15, 0.2) is 29.2 Å². The predicted molar refractivity (Wildman–Crippen MR) is 87.2 cm³/mol. The van der Waals surface area contributed by atoms with E-state index >= 15 is 0 Å². The summed E-state index contributed by atoms with van der Waals surface area (Å²) in [6.07, 6.45) is 7.85. The van der Waals surface area contributed by atoms with E-state index in [4.69, 9.17) is 0 Å². The third-order valence-electron chi connectivity index (χ3n) is 5.01. The van der Waals surface area contributed by atoms with Crippen LogP contribution in [0, 0.1) is 5.41 Å². The largest absolute Gasteiger partial charge is 0.310 e. The average Bonchev–Trinajstić information content (AvgIpc) is 2.93. The van der Waals surface area contributed by atoms with Gasteiger partial charge in [-0.15, -0.1) is 0 Å².